The lowest BCUT2D eigenvalue weighted by Gasteiger charge is -2.29. The topological polar surface area (TPSA) is 69.6 Å². The Morgan fingerprint density at radius 3 is 2.87 bits per heavy atom. The molecule has 1 amide bonds. The van der Waals surface area contributed by atoms with E-state index in [2.05, 4.69) is 5.32 Å². The van der Waals surface area contributed by atoms with E-state index >= 15 is 4.39 Å². The number of hydrogen-bond acceptors (Lipinski definition) is 3. The summed E-state index contributed by atoms with van der Waals surface area (Å²) in [5, 5.41) is 12.5. The van der Waals surface area contributed by atoms with Gasteiger partial charge in [0.15, 0.2) is 5.67 Å². The summed E-state index contributed by atoms with van der Waals surface area (Å²) in [5.74, 6) is -1.81. The second-order valence-corrected chi connectivity index (χ2v) is 6.91. The van der Waals surface area contributed by atoms with E-state index in [1.807, 2.05) is 0 Å². The predicted octanol–water partition coefficient (Wildman–Crippen LogP) is 1.71. The van der Waals surface area contributed by atoms with Crippen LogP contribution in [-0.2, 0) is 15.0 Å². The minimum absolute atomic E-state index is 0.188. The van der Waals surface area contributed by atoms with Crippen LogP contribution in [0.1, 0.15) is 25.8 Å². The molecule has 0 unspecified atom stereocenters. The number of anilines is 1. The highest BCUT2D eigenvalue weighted by molar-refractivity contribution is 6.02. The normalized spacial score (nSPS) is 27.9. The number of nitrogens with zero attached hydrogens (tertiary/aromatic N) is 1. The number of piperidine rings is 1. The van der Waals surface area contributed by atoms with Gasteiger partial charge in [-0.3, -0.25) is 9.59 Å². The molecular formula is C17H21FN2O3. The third-order valence-electron chi connectivity index (χ3n) is 5.12. The third kappa shape index (κ3) is 2.41. The van der Waals surface area contributed by atoms with Gasteiger partial charge in [-0.1, -0.05) is 12.1 Å². The Bertz CT molecular complexity index is 661. The van der Waals surface area contributed by atoms with Crippen LogP contribution in [0.5, 0.6) is 0 Å². The number of benzene rings is 1. The molecular weight excluding hydrogens is 299 g/mol. The molecule has 2 aliphatic rings. The van der Waals surface area contributed by atoms with Crippen molar-refractivity contribution in [3.8, 4) is 0 Å². The molecule has 6 heteroatoms. The van der Waals surface area contributed by atoms with Crippen molar-refractivity contribution < 1.29 is 19.1 Å². The van der Waals surface area contributed by atoms with Gasteiger partial charge >= 0.3 is 5.97 Å². The zero-order valence-electron chi connectivity index (χ0n) is 13.3. The fourth-order valence-corrected chi connectivity index (χ4v) is 3.34. The van der Waals surface area contributed by atoms with Gasteiger partial charge < -0.3 is 15.3 Å². The Labute approximate surface area is 134 Å². The maximum absolute atomic E-state index is 15.0. The van der Waals surface area contributed by atoms with Gasteiger partial charge in [0.25, 0.3) is 5.91 Å². The molecule has 0 aromatic heterocycles. The number of aliphatic carboxylic acids is 1. The van der Waals surface area contributed by atoms with Gasteiger partial charge in [0.2, 0.25) is 0 Å². The van der Waals surface area contributed by atoms with Crippen LogP contribution < -0.4 is 10.2 Å². The minimum atomic E-state index is -1.80. The second kappa shape index (κ2) is 5.30. The summed E-state index contributed by atoms with van der Waals surface area (Å²) < 4.78 is 15.0. The SMILES string of the molecule is CC(C)(C(=O)O)c1cccc(N2C[C@@H]3CNCC[C@]3(F)C2=O)c1. The first-order valence-electron chi connectivity index (χ1n) is 7.82. The summed E-state index contributed by atoms with van der Waals surface area (Å²) in [6.45, 7) is 4.53. The lowest BCUT2D eigenvalue weighted by atomic mass is 9.84. The number of nitrogens with one attached hydrogen (secondary N) is 1. The van der Waals surface area contributed by atoms with E-state index in [0.717, 1.165) is 0 Å². The van der Waals surface area contributed by atoms with Crippen LogP contribution in [-0.4, -0.2) is 42.3 Å². The van der Waals surface area contributed by atoms with E-state index < -0.39 is 23.0 Å². The van der Waals surface area contributed by atoms with E-state index in [-0.39, 0.29) is 12.3 Å². The molecule has 3 rings (SSSR count). The van der Waals surface area contributed by atoms with Crippen LogP contribution in [0.4, 0.5) is 10.1 Å². The number of halogens is 1. The number of rotatable bonds is 3. The van der Waals surface area contributed by atoms with Crippen molar-refractivity contribution in [2.75, 3.05) is 24.5 Å². The fourth-order valence-electron chi connectivity index (χ4n) is 3.34. The van der Waals surface area contributed by atoms with E-state index in [4.69, 9.17) is 0 Å². The highest BCUT2D eigenvalue weighted by Crippen LogP contribution is 2.40. The molecule has 124 valence electrons. The molecule has 2 atom stereocenters. The highest BCUT2D eigenvalue weighted by Gasteiger charge is 2.56. The van der Waals surface area contributed by atoms with Gasteiger partial charge in [-0.15, -0.1) is 0 Å². The number of hydrogen-bond donors (Lipinski definition) is 2. The van der Waals surface area contributed by atoms with Crippen LogP contribution in [0, 0.1) is 5.92 Å². The summed E-state index contributed by atoms with van der Waals surface area (Å²) in [6, 6.07) is 6.85. The molecule has 1 aromatic rings. The number of carbonyl (C=O) groups excluding carboxylic acids is 1. The summed E-state index contributed by atoms with van der Waals surface area (Å²) >= 11 is 0. The predicted molar refractivity (Wildman–Crippen MR) is 84.3 cm³/mol. The van der Waals surface area contributed by atoms with Crippen LogP contribution in [0.2, 0.25) is 0 Å². The quantitative estimate of drug-likeness (QED) is 0.889. The molecule has 2 N–H and O–H groups in total. The number of amides is 1. The van der Waals surface area contributed by atoms with Crippen molar-refractivity contribution in [3.63, 3.8) is 0 Å². The molecule has 2 aliphatic heterocycles. The highest BCUT2D eigenvalue weighted by atomic mass is 19.1. The molecule has 0 spiro atoms. The molecule has 23 heavy (non-hydrogen) atoms. The van der Waals surface area contributed by atoms with Crippen LogP contribution >= 0.6 is 0 Å². The van der Waals surface area contributed by atoms with Crippen molar-refractivity contribution in [1.29, 1.82) is 0 Å². The number of alkyl halides is 1. The first kappa shape index (κ1) is 15.9. The molecule has 2 heterocycles. The van der Waals surface area contributed by atoms with Crippen molar-refractivity contribution in [2.45, 2.75) is 31.4 Å². The van der Waals surface area contributed by atoms with Crippen molar-refractivity contribution in [3.05, 3.63) is 29.8 Å². The number of fused-ring (bicyclic) bond motifs is 1. The molecule has 2 saturated heterocycles. The first-order valence-corrected chi connectivity index (χ1v) is 7.82. The van der Waals surface area contributed by atoms with Gasteiger partial charge in [-0.05, 0) is 38.1 Å². The summed E-state index contributed by atoms with van der Waals surface area (Å²) in [4.78, 5) is 25.4. The first-order chi connectivity index (χ1) is 10.8. The molecule has 0 saturated carbocycles. The lowest BCUT2D eigenvalue weighted by molar-refractivity contribution is -0.142. The van der Waals surface area contributed by atoms with Gasteiger partial charge in [0, 0.05) is 31.1 Å². The standard InChI is InChI=1S/C17H21FN2O3/c1-16(2,15(22)23)11-4-3-5-13(8-11)20-10-12-9-19-7-6-17(12,18)14(20)21/h3-5,8,12,19H,6-7,9-10H2,1-2H3,(H,22,23)/t12-,17+/m0/s1. The van der Waals surface area contributed by atoms with Gasteiger partial charge in [-0.2, -0.15) is 0 Å². The van der Waals surface area contributed by atoms with E-state index in [9.17, 15) is 14.7 Å². The zero-order valence-corrected chi connectivity index (χ0v) is 13.3. The maximum Gasteiger partial charge on any atom is 0.313 e. The van der Waals surface area contributed by atoms with Crippen molar-refractivity contribution >= 4 is 17.6 Å². The summed E-state index contributed by atoms with van der Waals surface area (Å²) in [6.07, 6.45) is 0.188. The molecule has 1 aromatic carbocycles. The molecule has 0 bridgehead atoms. The second-order valence-electron chi connectivity index (χ2n) is 6.91. The van der Waals surface area contributed by atoms with E-state index in [0.29, 0.717) is 30.9 Å². The summed E-state index contributed by atoms with van der Waals surface area (Å²) in [5.41, 5.74) is -1.71. The molecule has 0 radical (unpaired) electrons. The van der Waals surface area contributed by atoms with Gasteiger partial charge in [0.1, 0.15) is 0 Å². The Balaban J connectivity index is 1.94. The van der Waals surface area contributed by atoms with Gasteiger partial charge in [-0.25, -0.2) is 4.39 Å². The average Bonchev–Trinajstić information content (AvgIpc) is 2.79. The molecule has 2 fully saturated rings. The van der Waals surface area contributed by atoms with Crippen molar-refractivity contribution in [2.24, 2.45) is 5.92 Å². The maximum atomic E-state index is 15.0. The fraction of sp³-hybridized carbons (Fsp3) is 0.529. The summed E-state index contributed by atoms with van der Waals surface area (Å²) in [7, 11) is 0. The van der Waals surface area contributed by atoms with Crippen LogP contribution in [0.3, 0.4) is 0 Å². The average molecular weight is 320 g/mol. The van der Waals surface area contributed by atoms with Crippen LogP contribution in [0.25, 0.3) is 0 Å². The third-order valence-corrected chi connectivity index (χ3v) is 5.12. The smallest absolute Gasteiger partial charge is 0.313 e. The Morgan fingerprint density at radius 1 is 1.48 bits per heavy atom. The molecule has 5 nitrogen and oxygen atoms in total. The minimum Gasteiger partial charge on any atom is -0.481 e. The number of carboxylic acids is 1. The Morgan fingerprint density at radius 2 is 2.22 bits per heavy atom. The number of carbonyl (C=O) groups is 2. The van der Waals surface area contributed by atoms with E-state index in [1.165, 1.54) is 4.90 Å². The van der Waals surface area contributed by atoms with E-state index in [1.54, 1.807) is 38.1 Å². The Kier molecular flexibility index (Phi) is 3.67. The lowest BCUT2D eigenvalue weighted by Crippen LogP contribution is -2.49. The monoisotopic (exact) mass is 320 g/mol. The largest absolute Gasteiger partial charge is 0.481 e. The van der Waals surface area contributed by atoms with Crippen molar-refractivity contribution in [1.82, 2.24) is 5.32 Å². The van der Waals surface area contributed by atoms with Crippen LogP contribution in [0.15, 0.2) is 24.3 Å². The Hall–Kier alpha value is -1.95. The zero-order chi connectivity index (χ0) is 16.8. The number of carboxylic acid groups (broad SMARTS) is 1. The van der Waals surface area contributed by atoms with Gasteiger partial charge in [0.05, 0.1) is 5.41 Å². The molecule has 0 aliphatic carbocycles.